The highest BCUT2D eigenvalue weighted by molar-refractivity contribution is 6.31. The predicted octanol–water partition coefficient (Wildman–Crippen LogP) is 3.05. The molecular formula is C16H13ClN2O6. The molecule has 2 aromatic carbocycles. The van der Waals surface area contributed by atoms with Gasteiger partial charge in [0.1, 0.15) is 11.4 Å². The minimum atomic E-state index is -0.729. The zero-order valence-electron chi connectivity index (χ0n) is 13.0. The highest BCUT2D eigenvalue weighted by atomic mass is 35.5. The number of nitrogens with one attached hydrogen (secondary N) is 1. The largest absolute Gasteiger partial charge is 0.497 e. The van der Waals surface area contributed by atoms with Gasteiger partial charge in [0.15, 0.2) is 6.61 Å². The van der Waals surface area contributed by atoms with Crippen LogP contribution in [-0.4, -0.2) is 30.5 Å². The highest BCUT2D eigenvalue weighted by Crippen LogP contribution is 2.27. The Morgan fingerprint density at radius 3 is 2.48 bits per heavy atom. The number of nitro benzene ring substituents is 1. The molecule has 0 fully saturated rings. The maximum Gasteiger partial charge on any atom is 0.338 e. The molecule has 2 aromatic rings. The minimum Gasteiger partial charge on any atom is -0.497 e. The lowest BCUT2D eigenvalue weighted by atomic mass is 10.2. The molecule has 0 aliphatic rings. The Kier molecular flexibility index (Phi) is 5.91. The summed E-state index contributed by atoms with van der Waals surface area (Å²) in [6.07, 6.45) is 0. The molecule has 9 heteroatoms. The molecule has 2 rings (SSSR count). The Bertz CT molecular complexity index is 807. The lowest BCUT2D eigenvalue weighted by Gasteiger charge is -2.08. The smallest absolute Gasteiger partial charge is 0.338 e. The maximum atomic E-state index is 11.9. The van der Waals surface area contributed by atoms with Gasteiger partial charge in [-0.05, 0) is 36.4 Å². The van der Waals surface area contributed by atoms with E-state index in [0.717, 1.165) is 0 Å². The van der Waals surface area contributed by atoms with Crippen molar-refractivity contribution in [3.8, 4) is 5.75 Å². The van der Waals surface area contributed by atoms with Crippen molar-refractivity contribution in [2.75, 3.05) is 19.0 Å². The molecule has 25 heavy (non-hydrogen) atoms. The first-order valence-corrected chi connectivity index (χ1v) is 7.33. The number of hydrogen-bond donors (Lipinski definition) is 1. The summed E-state index contributed by atoms with van der Waals surface area (Å²) >= 11 is 5.77. The topological polar surface area (TPSA) is 108 Å². The lowest BCUT2D eigenvalue weighted by molar-refractivity contribution is -0.383. The fourth-order valence-electron chi connectivity index (χ4n) is 1.90. The summed E-state index contributed by atoms with van der Waals surface area (Å²) in [5.41, 5.74) is -0.162. The van der Waals surface area contributed by atoms with E-state index in [1.165, 1.54) is 37.4 Å². The molecule has 0 unspecified atom stereocenters. The molecule has 0 radical (unpaired) electrons. The standard InChI is InChI=1S/C16H13ClN2O6/c1-24-12-5-2-10(3-6-12)16(21)25-9-15(20)18-13-8-11(17)4-7-14(13)19(22)23/h2-8H,9H2,1H3,(H,18,20). The molecule has 0 spiro atoms. The van der Waals surface area contributed by atoms with Crippen LogP contribution in [0.2, 0.25) is 5.02 Å². The molecule has 8 nitrogen and oxygen atoms in total. The third-order valence-electron chi connectivity index (χ3n) is 3.09. The van der Waals surface area contributed by atoms with Gasteiger partial charge in [-0.25, -0.2) is 4.79 Å². The number of benzene rings is 2. The number of rotatable bonds is 6. The maximum absolute atomic E-state index is 11.9. The Morgan fingerprint density at radius 2 is 1.88 bits per heavy atom. The highest BCUT2D eigenvalue weighted by Gasteiger charge is 2.17. The Labute approximate surface area is 147 Å². The second kappa shape index (κ2) is 8.11. The number of carbonyl (C=O) groups is 2. The van der Waals surface area contributed by atoms with Crippen molar-refractivity contribution in [3.05, 3.63) is 63.2 Å². The molecular weight excluding hydrogens is 352 g/mol. The zero-order valence-corrected chi connectivity index (χ0v) is 13.8. The molecule has 0 bridgehead atoms. The van der Waals surface area contributed by atoms with Crippen LogP contribution in [0.25, 0.3) is 0 Å². The molecule has 0 aliphatic heterocycles. The van der Waals surface area contributed by atoms with Gasteiger partial charge in [-0.1, -0.05) is 11.6 Å². The number of nitrogens with zero attached hydrogens (tertiary/aromatic N) is 1. The van der Waals surface area contributed by atoms with Gasteiger partial charge in [-0.3, -0.25) is 14.9 Å². The molecule has 0 aromatic heterocycles. The summed E-state index contributed by atoms with van der Waals surface area (Å²) in [5, 5.41) is 13.4. The second-order valence-electron chi connectivity index (χ2n) is 4.77. The second-order valence-corrected chi connectivity index (χ2v) is 5.21. The SMILES string of the molecule is COc1ccc(C(=O)OCC(=O)Nc2cc(Cl)ccc2[N+](=O)[O-])cc1. The van der Waals surface area contributed by atoms with E-state index in [4.69, 9.17) is 21.1 Å². The minimum absolute atomic E-state index is 0.0806. The monoisotopic (exact) mass is 364 g/mol. The van der Waals surface area contributed by atoms with Crippen molar-refractivity contribution in [2.45, 2.75) is 0 Å². The van der Waals surface area contributed by atoms with Crippen LogP contribution in [-0.2, 0) is 9.53 Å². The van der Waals surface area contributed by atoms with Crippen LogP contribution < -0.4 is 10.1 Å². The number of ether oxygens (including phenoxy) is 2. The van der Waals surface area contributed by atoms with Crippen LogP contribution in [0, 0.1) is 10.1 Å². The quantitative estimate of drug-likeness (QED) is 0.479. The summed E-state index contributed by atoms with van der Waals surface area (Å²) < 4.78 is 9.84. The lowest BCUT2D eigenvalue weighted by Crippen LogP contribution is -2.21. The Morgan fingerprint density at radius 1 is 1.20 bits per heavy atom. The van der Waals surface area contributed by atoms with Crippen LogP contribution in [0.5, 0.6) is 5.75 Å². The predicted molar refractivity (Wildman–Crippen MR) is 90.0 cm³/mol. The van der Waals surface area contributed by atoms with Gasteiger partial charge in [0, 0.05) is 11.1 Å². The van der Waals surface area contributed by atoms with Gasteiger partial charge in [0.2, 0.25) is 0 Å². The molecule has 0 aliphatic carbocycles. The third-order valence-corrected chi connectivity index (χ3v) is 3.32. The van der Waals surface area contributed by atoms with Crippen LogP contribution in [0.1, 0.15) is 10.4 Å². The number of hydrogen-bond acceptors (Lipinski definition) is 6. The molecule has 130 valence electrons. The van der Waals surface area contributed by atoms with E-state index >= 15 is 0 Å². The van der Waals surface area contributed by atoms with E-state index in [0.29, 0.717) is 5.75 Å². The van der Waals surface area contributed by atoms with E-state index in [9.17, 15) is 19.7 Å². The van der Waals surface area contributed by atoms with Crippen LogP contribution in [0.15, 0.2) is 42.5 Å². The van der Waals surface area contributed by atoms with E-state index in [1.807, 2.05) is 0 Å². The van der Waals surface area contributed by atoms with Gasteiger partial charge < -0.3 is 14.8 Å². The van der Waals surface area contributed by atoms with E-state index in [2.05, 4.69) is 5.32 Å². The molecule has 0 saturated heterocycles. The van der Waals surface area contributed by atoms with Crippen LogP contribution >= 0.6 is 11.6 Å². The van der Waals surface area contributed by atoms with Gasteiger partial charge in [0.05, 0.1) is 17.6 Å². The van der Waals surface area contributed by atoms with Crippen molar-refractivity contribution in [1.29, 1.82) is 0 Å². The fraction of sp³-hybridized carbons (Fsp3) is 0.125. The normalized spacial score (nSPS) is 10.0. The van der Waals surface area contributed by atoms with E-state index in [-0.39, 0.29) is 22.0 Å². The zero-order chi connectivity index (χ0) is 18.4. The summed E-state index contributed by atoms with van der Waals surface area (Å²) in [6, 6.07) is 9.86. The average Bonchev–Trinajstić information content (AvgIpc) is 2.59. The number of anilines is 1. The van der Waals surface area contributed by atoms with Crippen LogP contribution in [0.4, 0.5) is 11.4 Å². The van der Waals surface area contributed by atoms with Crippen molar-refractivity contribution in [1.82, 2.24) is 0 Å². The van der Waals surface area contributed by atoms with E-state index < -0.39 is 23.4 Å². The summed E-state index contributed by atoms with van der Waals surface area (Å²) in [7, 11) is 1.49. The number of methoxy groups -OCH3 is 1. The molecule has 0 saturated carbocycles. The fourth-order valence-corrected chi connectivity index (χ4v) is 2.07. The van der Waals surface area contributed by atoms with Gasteiger partial charge >= 0.3 is 5.97 Å². The summed E-state index contributed by atoms with van der Waals surface area (Å²) in [5.74, 6) is -0.867. The average molecular weight is 365 g/mol. The van der Waals surface area contributed by atoms with E-state index in [1.54, 1.807) is 12.1 Å². The van der Waals surface area contributed by atoms with Crippen molar-refractivity contribution < 1.29 is 24.0 Å². The van der Waals surface area contributed by atoms with Gasteiger partial charge in [-0.15, -0.1) is 0 Å². The van der Waals surface area contributed by atoms with Gasteiger partial charge in [0.25, 0.3) is 11.6 Å². The first-order chi connectivity index (χ1) is 11.9. The summed E-state index contributed by atoms with van der Waals surface area (Å²) in [6.45, 7) is -0.603. The Balaban J connectivity index is 1.97. The van der Waals surface area contributed by atoms with Crippen LogP contribution in [0.3, 0.4) is 0 Å². The number of halogens is 1. The molecule has 0 heterocycles. The van der Waals surface area contributed by atoms with Gasteiger partial charge in [-0.2, -0.15) is 0 Å². The molecule has 0 atom stereocenters. The van der Waals surface area contributed by atoms with Crippen molar-refractivity contribution >= 4 is 34.9 Å². The molecule has 1 N–H and O–H groups in total. The number of amides is 1. The summed E-state index contributed by atoms with van der Waals surface area (Å²) in [4.78, 5) is 34.0. The van der Waals surface area contributed by atoms with Crippen molar-refractivity contribution in [2.24, 2.45) is 0 Å². The Hall–Kier alpha value is -3.13. The number of carbonyl (C=O) groups excluding carboxylic acids is 2. The number of nitro groups is 1. The van der Waals surface area contributed by atoms with Crippen molar-refractivity contribution in [3.63, 3.8) is 0 Å². The number of esters is 1. The molecule has 1 amide bonds. The third kappa shape index (κ3) is 4.92. The first-order valence-electron chi connectivity index (χ1n) is 6.95. The first kappa shape index (κ1) is 18.2.